The van der Waals surface area contributed by atoms with Crippen LogP contribution in [0.4, 0.5) is 5.69 Å². The molecule has 0 radical (unpaired) electrons. The number of anilines is 1. The van der Waals surface area contributed by atoms with Gasteiger partial charge in [-0.2, -0.15) is 0 Å². The van der Waals surface area contributed by atoms with Gasteiger partial charge in [0.25, 0.3) is 0 Å². The third kappa shape index (κ3) is 2.75. The Kier molecular flexibility index (Phi) is 3.83. The number of aromatic nitrogens is 1. The molecule has 1 aliphatic rings. The number of thiazole rings is 1. The zero-order chi connectivity index (χ0) is 15.8. The van der Waals surface area contributed by atoms with Crippen LogP contribution < -0.4 is 4.90 Å². The second-order valence-electron chi connectivity index (χ2n) is 5.58. The lowest BCUT2D eigenvalue weighted by atomic mass is 10.2. The van der Waals surface area contributed by atoms with Gasteiger partial charge >= 0.3 is 0 Å². The molecule has 116 valence electrons. The summed E-state index contributed by atoms with van der Waals surface area (Å²) in [5, 5.41) is -0.137. The van der Waals surface area contributed by atoms with Crippen molar-refractivity contribution < 1.29 is 4.79 Å². The molecule has 1 unspecified atom stereocenters. The molecule has 23 heavy (non-hydrogen) atoms. The summed E-state index contributed by atoms with van der Waals surface area (Å²) < 4.78 is 2.13. The molecule has 3 aromatic rings. The SMILES string of the molecule is CC(Sc1nc2ccccc2s1)C(=O)N1CCc2ccccc21. The van der Waals surface area contributed by atoms with Crippen LogP contribution in [0.2, 0.25) is 0 Å². The van der Waals surface area contributed by atoms with Crippen LogP contribution in [0.3, 0.4) is 0 Å². The summed E-state index contributed by atoms with van der Waals surface area (Å²) in [7, 11) is 0. The van der Waals surface area contributed by atoms with Crippen LogP contribution in [0, 0.1) is 0 Å². The highest BCUT2D eigenvalue weighted by Crippen LogP contribution is 2.34. The van der Waals surface area contributed by atoms with E-state index >= 15 is 0 Å². The predicted molar refractivity (Wildman–Crippen MR) is 97.4 cm³/mol. The Balaban J connectivity index is 1.53. The number of amides is 1. The molecule has 0 fully saturated rings. The van der Waals surface area contributed by atoms with Gasteiger partial charge in [0.2, 0.25) is 5.91 Å². The van der Waals surface area contributed by atoms with Crippen molar-refractivity contribution in [1.82, 2.24) is 4.98 Å². The zero-order valence-corrected chi connectivity index (χ0v) is 14.4. The summed E-state index contributed by atoms with van der Waals surface area (Å²) in [6.45, 7) is 2.75. The minimum atomic E-state index is -0.137. The molecule has 1 amide bonds. The highest BCUT2D eigenvalue weighted by atomic mass is 32.2. The topological polar surface area (TPSA) is 33.2 Å². The van der Waals surface area contributed by atoms with E-state index in [1.165, 1.54) is 10.3 Å². The van der Waals surface area contributed by atoms with Crippen LogP contribution >= 0.6 is 23.1 Å². The van der Waals surface area contributed by atoms with Crippen molar-refractivity contribution in [3.8, 4) is 0 Å². The van der Waals surface area contributed by atoms with Gasteiger partial charge in [0.15, 0.2) is 4.34 Å². The van der Waals surface area contributed by atoms with Gasteiger partial charge in [0.05, 0.1) is 15.5 Å². The van der Waals surface area contributed by atoms with Crippen molar-refractivity contribution in [2.24, 2.45) is 0 Å². The Hall–Kier alpha value is -1.85. The van der Waals surface area contributed by atoms with E-state index in [4.69, 9.17) is 0 Å². The van der Waals surface area contributed by atoms with Gasteiger partial charge in [-0.25, -0.2) is 4.98 Å². The Morgan fingerprint density at radius 3 is 2.87 bits per heavy atom. The van der Waals surface area contributed by atoms with Crippen LogP contribution in [0.25, 0.3) is 10.2 Å². The minimum Gasteiger partial charge on any atom is -0.311 e. The molecule has 2 aromatic carbocycles. The smallest absolute Gasteiger partial charge is 0.240 e. The van der Waals surface area contributed by atoms with Gasteiger partial charge in [0.1, 0.15) is 0 Å². The van der Waals surface area contributed by atoms with Gasteiger partial charge in [-0.3, -0.25) is 4.79 Å². The van der Waals surface area contributed by atoms with E-state index in [-0.39, 0.29) is 11.2 Å². The first-order chi connectivity index (χ1) is 11.2. The first kappa shape index (κ1) is 14.7. The van der Waals surface area contributed by atoms with Crippen LogP contribution in [-0.2, 0) is 11.2 Å². The molecule has 0 aliphatic carbocycles. The van der Waals surface area contributed by atoms with Crippen molar-refractivity contribution >= 4 is 44.9 Å². The molecule has 0 saturated heterocycles. The number of benzene rings is 2. The second kappa shape index (κ2) is 5.98. The fourth-order valence-electron chi connectivity index (χ4n) is 2.89. The molecule has 5 heteroatoms. The standard InChI is InChI=1S/C18H16N2OS2/c1-12(22-18-19-14-7-3-5-9-16(14)23-18)17(21)20-11-10-13-6-2-4-8-15(13)20/h2-9,12H,10-11H2,1H3. The number of nitrogens with zero attached hydrogens (tertiary/aromatic N) is 2. The van der Waals surface area contributed by atoms with E-state index in [0.29, 0.717) is 0 Å². The molecule has 0 bridgehead atoms. The maximum Gasteiger partial charge on any atom is 0.240 e. The molecule has 0 spiro atoms. The molecule has 4 rings (SSSR count). The minimum absolute atomic E-state index is 0.137. The normalized spacial score (nSPS) is 14.9. The van der Waals surface area contributed by atoms with Gasteiger partial charge in [-0.05, 0) is 37.1 Å². The van der Waals surface area contributed by atoms with Crippen LogP contribution in [0.15, 0.2) is 52.9 Å². The number of carbonyl (C=O) groups excluding carboxylic acids is 1. The first-order valence-corrected chi connectivity index (χ1v) is 9.33. The average Bonchev–Trinajstić information content (AvgIpc) is 3.17. The molecule has 1 aliphatic heterocycles. The number of fused-ring (bicyclic) bond motifs is 2. The monoisotopic (exact) mass is 340 g/mol. The molecular weight excluding hydrogens is 324 g/mol. The average molecular weight is 340 g/mol. The summed E-state index contributed by atoms with van der Waals surface area (Å²) in [6.07, 6.45) is 0.945. The summed E-state index contributed by atoms with van der Waals surface area (Å²) in [6, 6.07) is 16.3. The molecule has 1 aromatic heterocycles. The summed E-state index contributed by atoms with van der Waals surface area (Å²) in [5.41, 5.74) is 3.33. The van der Waals surface area contributed by atoms with Crippen LogP contribution in [0.5, 0.6) is 0 Å². The lowest BCUT2D eigenvalue weighted by Gasteiger charge is -2.20. The van der Waals surface area contributed by atoms with Crippen molar-refractivity contribution in [1.29, 1.82) is 0 Å². The Labute approximate surface area is 143 Å². The Morgan fingerprint density at radius 2 is 2.00 bits per heavy atom. The molecule has 1 atom stereocenters. The summed E-state index contributed by atoms with van der Waals surface area (Å²) in [4.78, 5) is 19.3. The molecule has 0 N–H and O–H groups in total. The van der Waals surface area contributed by atoms with E-state index in [1.807, 2.05) is 48.2 Å². The van der Waals surface area contributed by atoms with E-state index in [9.17, 15) is 4.79 Å². The third-order valence-corrected chi connectivity index (χ3v) is 6.27. The molecular formula is C18H16N2OS2. The Bertz CT molecular complexity index is 841. The van der Waals surface area contributed by atoms with Gasteiger partial charge in [0, 0.05) is 12.2 Å². The van der Waals surface area contributed by atoms with Gasteiger partial charge in [-0.1, -0.05) is 42.1 Å². The van der Waals surface area contributed by atoms with Crippen LogP contribution in [0.1, 0.15) is 12.5 Å². The summed E-state index contributed by atoms with van der Waals surface area (Å²) in [5.74, 6) is 0.166. The van der Waals surface area contributed by atoms with Crippen molar-refractivity contribution in [3.05, 3.63) is 54.1 Å². The van der Waals surface area contributed by atoms with Crippen molar-refractivity contribution in [2.75, 3.05) is 11.4 Å². The van der Waals surface area contributed by atoms with Crippen LogP contribution in [-0.4, -0.2) is 22.7 Å². The number of rotatable bonds is 3. The van der Waals surface area contributed by atoms with Crippen molar-refractivity contribution in [2.45, 2.75) is 22.9 Å². The maximum absolute atomic E-state index is 12.8. The maximum atomic E-state index is 12.8. The lowest BCUT2D eigenvalue weighted by molar-refractivity contribution is -0.117. The zero-order valence-electron chi connectivity index (χ0n) is 12.7. The van der Waals surface area contributed by atoms with Gasteiger partial charge < -0.3 is 4.90 Å². The Morgan fingerprint density at radius 1 is 1.22 bits per heavy atom. The highest BCUT2D eigenvalue weighted by Gasteiger charge is 2.28. The van der Waals surface area contributed by atoms with E-state index in [2.05, 4.69) is 17.1 Å². The number of para-hydroxylation sites is 2. The fraction of sp³-hybridized carbons (Fsp3) is 0.222. The lowest BCUT2D eigenvalue weighted by Crippen LogP contribution is -2.35. The van der Waals surface area contributed by atoms with Crippen molar-refractivity contribution in [3.63, 3.8) is 0 Å². The van der Waals surface area contributed by atoms with E-state index < -0.39 is 0 Å². The van der Waals surface area contributed by atoms with E-state index in [1.54, 1.807) is 23.1 Å². The molecule has 2 heterocycles. The fourth-order valence-corrected chi connectivity index (χ4v) is 5.16. The second-order valence-corrected chi connectivity index (χ2v) is 8.19. The van der Waals surface area contributed by atoms with Gasteiger partial charge in [-0.15, -0.1) is 11.3 Å². The molecule has 0 saturated carbocycles. The highest BCUT2D eigenvalue weighted by molar-refractivity contribution is 8.02. The quantitative estimate of drug-likeness (QED) is 0.664. The number of thioether (sulfide) groups is 1. The summed E-state index contributed by atoms with van der Waals surface area (Å²) >= 11 is 3.21. The molecule has 3 nitrogen and oxygen atoms in total. The predicted octanol–water partition coefficient (Wildman–Crippen LogP) is 4.37. The first-order valence-electron chi connectivity index (χ1n) is 7.64. The number of carbonyl (C=O) groups is 1. The van der Waals surface area contributed by atoms with E-state index in [0.717, 1.165) is 28.5 Å². The number of hydrogen-bond acceptors (Lipinski definition) is 4. The largest absolute Gasteiger partial charge is 0.311 e. The number of hydrogen-bond donors (Lipinski definition) is 0. The third-order valence-electron chi connectivity index (χ3n) is 4.05.